The van der Waals surface area contributed by atoms with Crippen LogP contribution in [0.4, 0.5) is 13.2 Å². The second-order valence-corrected chi connectivity index (χ2v) is 6.15. The number of alkyl halides is 3. The van der Waals surface area contributed by atoms with Crippen LogP contribution in [0.25, 0.3) is 0 Å². The predicted octanol–water partition coefficient (Wildman–Crippen LogP) is 4.63. The fourth-order valence-corrected chi connectivity index (χ4v) is 2.96. The molecule has 0 spiro atoms. The molecule has 0 atom stereocenters. The number of rotatable bonds is 4. The second-order valence-electron chi connectivity index (χ2n) is 6.15. The number of carbonyl (C=O) groups excluding carboxylic acids is 1. The van der Waals surface area contributed by atoms with Crippen LogP contribution < -0.4 is 0 Å². The van der Waals surface area contributed by atoms with E-state index in [4.69, 9.17) is 0 Å². The van der Waals surface area contributed by atoms with Gasteiger partial charge in [0.05, 0.1) is 5.56 Å². The summed E-state index contributed by atoms with van der Waals surface area (Å²) in [5.74, 6) is 0.545. The quantitative estimate of drug-likeness (QED) is 0.793. The first kappa shape index (κ1) is 16.8. The third kappa shape index (κ3) is 4.75. The molecule has 2 nitrogen and oxygen atoms in total. The molecule has 0 saturated heterocycles. The van der Waals surface area contributed by atoms with Crippen LogP contribution in [0.2, 0.25) is 0 Å². The summed E-state index contributed by atoms with van der Waals surface area (Å²) in [4.78, 5) is 13.8. The molecule has 0 aromatic heterocycles. The van der Waals surface area contributed by atoms with Crippen molar-refractivity contribution in [2.24, 2.45) is 5.92 Å². The highest BCUT2D eigenvalue weighted by Gasteiger charge is 2.30. The summed E-state index contributed by atoms with van der Waals surface area (Å²) in [6.45, 7) is 0.351. The average molecular weight is 313 g/mol. The van der Waals surface area contributed by atoms with Crippen LogP contribution in [0.15, 0.2) is 24.3 Å². The molecule has 1 aliphatic carbocycles. The van der Waals surface area contributed by atoms with Crippen molar-refractivity contribution < 1.29 is 18.0 Å². The highest BCUT2D eigenvalue weighted by atomic mass is 19.4. The lowest BCUT2D eigenvalue weighted by atomic mass is 9.86. The van der Waals surface area contributed by atoms with E-state index >= 15 is 0 Å². The van der Waals surface area contributed by atoms with E-state index < -0.39 is 11.7 Å². The van der Waals surface area contributed by atoms with Crippen LogP contribution in [0.1, 0.15) is 49.7 Å². The minimum absolute atomic E-state index is 0.0757. The third-order valence-corrected chi connectivity index (χ3v) is 4.31. The molecule has 1 aromatic carbocycles. The van der Waals surface area contributed by atoms with Gasteiger partial charge in [0.1, 0.15) is 0 Å². The summed E-state index contributed by atoms with van der Waals surface area (Å²) < 4.78 is 37.5. The molecule has 0 heterocycles. The normalized spacial score (nSPS) is 16.5. The highest BCUT2D eigenvalue weighted by Crippen LogP contribution is 2.29. The smallest absolute Gasteiger partial charge is 0.341 e. The summed E-state index contributed by atoms with van der Waals surface area (Å²) >= 11 is 0. The zero-order valence-electron chi connectivity index (χ0n) is 12.8. The Hall–Kier alpha value is -1.52. The summed E-state index contributed by atoms with van der Waals surface area (Å²) in [6, 6.07) is 5.00. The number of nitrogens with zero attached hydrogens (tertiary/aromatic N) is 1. The second kappa shape index (κ2) is 7.16. The van der Waals surface area contributed by atoms with Gasteiger partial charge in [0.2, 0.25) is 5.91 Å². The molecule has 122 valence electrons. The molecule has 0 radical (unpaired) electrons. The Morgan fingerprint density at radius 3 is 2.27 bits per heavy atom. The zero-order chi connectivity index (χ0) is 16.2. The summed E-state index contributed by atoms with van der Waals surface area (Å²) in [7, 11) is 1.71. The number of amides is 1. The van der Waals surface area contributed by atoms with Gasteiger partial charge in [-0.3, -0.25) is 4.79 Å². The van der Waals surface area contributed by atoms with Crippen molar-refractivity contribution in [3.8, 4) is 0 Å². The number of carbonyl (C=O) groups is 1. The number of hydrogen-bond donors (Lipinski definition) is 0. The zero-order valence-corrected chi connectivity index (χ0v) is 12.8. The molecule has 22 heavy (non-hydrogen) atoms. The van der Waals surface area contributed by atoms with Crippen molar-refractivity contribution in [3.05, 3.63) is 35.4 Å². The van der Waals surface area contributed by atoms with E-state index in [0.29, 0.717) is 24.4 Å². The molecular formula is C17H22F3NO. The van der Waals surface area contributed by atoms with Crippen molar-refractivity contribution in [1.82, 2.24) is 4.90 Å². The molecule has 2 rings (SSSR count). The average Bonchev–Trinajstić information content (AvgIpc) is 2.48. The van der Waals surface area contributed by atoms with Crippen LogP contribution in [0.5, 0.6) is 0 Å². The van der Waals surface area contributed by atoms with Gasteiger partial charge in [-0.2, -0.15) is 13.2 Å². The van der Waals surface area contributed by atoms with Crippen LogP contribution in [0.3, 0.4) is 0 Å². The van der Waals surface area contributed by atoms with E-state index in [-0.39, 0.29) is 5.91 Å². The molecule has 5 heteroatoms. The van der Waals surface area contributed by atoms with Crippen molar-refractivity contribution in [1.29, 1.82) is 0 Å². The van der Waals surface area contributed by atoms with Gasteiger partial charge in [0.15, 0.2) is 0 Å². The number of halogens is 3. The number of benzene rings is 1. The molecule has 1 aliphatic rings. The van der Waals surface area contributed by atoms with Crippen LogP contribution in [0, 0.1) is 5.92 Å². The van der Waals surface area contributed by atoms with Gasteiger partial charge in [-0.1, -0.05) is 31.4 Å². The standard InChI is InChI=1S/C17H22F3NO/c1-21(16(22)11-13-5-3-2-4-6-13)12-14-7-9-15(10-8-14)17(18,19)20/h7-10,13H,2-6,11-12H2,1H3. The fraction of sp³-hybridized carbons (Fsp3) is 0.588. The highest BCUT2D eigenvalue weighted by molar-refractivity contribution is 5.76. The summed E-state index contributed by atoms with van der Waals surface area (Å²) in [5, 5.41) is 0. The van der Waals surface area contributed by atoms with Crippen molar-refractivity contribution in [2.45, 2.75) is 51.2 Å². The lowest BCUT2D eigenvalue weighted by Gasteiger charge is -2.24. The van der Waals surface area contributed by atoms with Crippen molar-refractivity contribution in [3.63, 3.8) is 0 Å². The maximum absolute atomic E-state index is 12.5. The van der Waals surface area contributed by atoms with Gasteiger partial charge in [0.25, 0.3) is 0 Å². The van der Waals surface area contributed by atoms with E-state index in [0.717, 1.165) is 25.0 Å². The van der Waals surface area contributed by atoms with Gasteiger partial charge in [-0.25, -0.2) is 0 Å². The van der Waals surface area contributed by atoms with Crippen LogP contribution in [-0.4, -0.2) is 17.9 Å². The molecule has 0 aliphatic heterocycles. The monoisotopic (exact) mass is 313 g/mol. The van der Waals surface area contributed by atoms with Gasteiger partial charge < -0.3 is 4.90 Å². The Morgan fingerprint density at radius 1 is 1.14 bits per heavy atom. The largest absolute Gasteiger partial charge is 0.416 e. The third-order valence-electron chi connectivity index (χ3n) is 4.31. The molecule has 0 bridgehead atoms. The lowest BCUT2D eigenvalue weighted by molar-refractivity contribution is -0.137. The molecule has 0 unspecified atom stereocenters. The topological polar surface area (TPSA) is 20.3 Å². The summed E-state index contributed by atoms with van der Waals surface area (Å²) in [6.07, 6.45) is 2.10. The van der Waals surface area contributed by atoms with E-state index in [9.17, 15) is 18.0 Å². The Balaban J connectivity index is 1.87. The first-order valence-corrected chi connectivity index (χ1v) is 7.76. The molecule has 0 N–H and O–H groups in total. The van der Waals surface area contributed by atoms with E-state index in [1.807, 2.05) is 0 Å². The molecule has 1 amide bonds. The van der Waals surface area contributed by atoms with E-state index in [1.54, 1.807) is 11.9 Å². The van der Waals surface area contributed by atoms with Gasteiger partial charge in [-0.05, 0) is 36.5 Å². The molecular weight excluding hydrogens is 291 g/mol. The van der Waals surface area contributed by atoms with Crippen molar-refractivity contribution in [2.75, 3.05) is 7.05 Å². The van der Waals surface area contributed by atoms with Gasteiger partial charge >= 0.3 is 6.18 Å². The Morgan fingerprint density at radius 2 is 1.73 bits per heavy atom. The first-order valence-electron chi connectivity index (χ1n) is 7.76. The predicted molar refractivity (Wildman–Crippen MR) is 79.1 cm³/mol. The molecule has 1 fully saturated rings. The van der Waals surface area contributed by atoms with Gasteiger partial charge in [0, 0.05) is 20.0 Å². The SMILES string of the molecule is CN(Cc1ccc(C(F)(F)F)cc1)C(=O)CC1CCCCC1. The minimum Gasteiger partial charge on any atom is -0.341 e. The Labute approximate surface area is 129 Å². The minimum atomic E-state index is -4.32. The van der Waals surface area contributed by atoms with E-state index in [1.165, 1.54) is 31.4 Å². The maximum Gasteiger partial charge on any atom is 0.416 e. The number of hydrogen-bond acceptors (Lipinski definition) is 1. The first-order chi connectivity index (χ1) is 10.4. The molecule has 1 aromatic rings. The fourth-order valence-electron chi connectivity index (χ4n) is 2.96. The Kier molecular flexibility index (Phi) is 5.48. The molecule has 1 saturated carbocycles. The van der Waals surface area contributed by atoms with Crippen molar-refractivity contribution >= 4 is 5.91 Å². The van der Waals surface area contributed by atoms with Crippen LogP contribution >= 0.6 is 0 Å². The van der Waals surface area contributed by atoms with Crippen LogP contribution in [-0.2, 0) is 17.5 Å². The van der Waals surface area contributed by atoms with E-state index in [2.05, 4.69) is 0 Å². The lowest BCUT2D eigenvalue weighted by Crippen LogP contribution is -2.28. The Bertz CT molecular complexity index is 490. The maximum atomic E-state index is 12.5. The summed E-state index contributed by atoms with van der Waals surface area (Å²) in [5.41, 5.74) is 0.0555. The van der Waals surface area contributed by atoms with Gasteiger partial charge in [-0.15, -0.1) is 0 Å².